The van der Waals surface area contributed by atoms with E-state index >= 15 is 0 Å². The Morgan fingerprint density at radius 3 is 2.11 bits per heavy atom. The molecule has 0 amide bonds. The molecule has 4 unspecified atom stereocenters. The highest BCUT2D eigenvalue weighted by molar-refractivity contribution is 7.13. The van der Waals surface area contributed by atoms with E-state index in [1.807, 2.05) is 4.57 Å². The lowest BCUT2D eigenvalue weighted by Crippen LogP contribution is -2.49. The van der Waals surface area contributed by atoms with E-state index in [0.29, 0.717) is 23.6 Å². The lowest BCUT2D eigenvalue weighted by Gasteiger charge is -2.40. The number of piperazine rings is 1. The maximum absolute atomic E-state index is 11.2. The third-order valence-electron chi connectivity index (χ3n) is 9.40. The van der Waals surface area contributed by atoms with Crippen LogP contribution in [-0.2, 0) is 6.54 Å². The smallest absolute Gasteiger partial charge is 0.198 e. The number of anilines is 1. The second-order valence-electron chi connectivity index (χ2n) is 11.4. The Hall–Kier alpha value is -2.51. The molecule has 8 rings (SSSR count). The van der Waals surface area contributed by atoms with Crippen molar-refractivity contribution in [1.29, 1.82) is 0 Å². The van der Waals surface area contributed by atoms with Crippen LogP contribution in [0.1, 0.15) is 61.5 Å². The van der Waals surface area contributed by atoms with Gasteiger partial charge in [-0.25, -0.2) is 0 Å². The molecule has 3 aromatic rings. The molecule has 2 aromatic heterocycles. The van der Waals surface area contributed by atoms with Gasteiger partial charge in [0.2, 0.25) is 0 Å². The minimum absolute atomic E-state index is 0.269. The highest BCUT2D eigenvalue weighted by Gasteiger charge is 2.39. The van der Waals surface area contributed by atoms with Crippen LogP contribution in [0.5, 0.6) is 11.8 Å². The van der Waals surface area contributed by atoms with E-state index in [9.17, 15) is 10.2 Å². The van der Waals surface area contributed by atoms with Gasteiger partial charge >= 0.3 is 0 Å². The van der Waals surface area contributed by atoms with Crippen molar-refractivity contribution in [2.75, 3.05) is 37.6 Å². The minimum atomic E-state index is 0.269. The first-order valence-electron chi connectivity index (χ1n) is 13.8. The number of fused-ring (bicyclic) bond motifs is 2. The maximum Gasteiger partial charge on any atom is 0.198 e. The Bertz CT molecular complexity index is 1250. The van der Waals surface area contributed by atoms with Crippen LogP contribution in [0.4, 0.5) is 5.82 Å². The van der Waals surface area contributed by atoms with E-state index in [-0.39, 0.29) is 11.8 Å². The molecule has 2 fully saturated rings. The number of benzene rings is 1. The molecule has 2 N–H and O–H groups in total. The Balaban J connectivity index is 1.03. The molecular formula is C29H36N4O2S. The molecule has 5 aliphatic rings. The molecule has 7 heteroatoms. The van der Waals surface area contributed by atoms with Crippen molar-refractivity contribution in [3.05, 3.63) is 47.5 Å². The van der Waals surface area contributed by atoms with Gasteiger partial charge in [-0.1, -0.05) is 37.1 Å². The first-order chi connectivity index (χ1) is 17.7. The third-order valence-corrected chi connectivity index (χ3v) is 10.2. The standard InChI is InChI=1S/C29H36N4O2S/c34-28-25-19-9-10-20(12-11-19)26(25)29(35)33(28)18-22-6-2-1-5-21(22)17-31-13-15-32(16-14-31)27-23-7-3-4-8-24(23)36-30-27/h3-4,7-10,19-22,34-35H,1-2,5-6,11-18H2. The van der Waals surface area contributed by atoms with Gasteiger partial charge in [-0.05, 0) is 61.2 Å². The number of allylic oxidation sites excluding steroid dienone is 2. The summed E-state index contributed by atoms with van der Waals surface area (Å²) in [4.78, 5) is 5.09. The fraction of sp³-hybridized carbons (Fsp3) is 0.552. The number of hydrogen-bond acceptors (Lipinski definition) is 6. The zero-order valence-electron chi connectivity index (χ0n) is 20.9. The van der Waals surface area contributed by atoms with Crippen molar-refractivity contribution in [2.45, 2.75) is 56.9 Å². The summed E-state index contributed by atoms with van der Waals surface area (Å²) in [5, 5.41) is 23.6. The minimum Gasteiger partial charge on any atom is -0.494 e. The van der Waals surface area contributed by atoms with Crippen LogP contribution in [0.3, 0.4) is 0 Å². The van der Waals surface area contributed by atoms with Crippen molar-refractivity contribution in [3.63, 3.8) is 0 Å². The fourth-order valence-corrected chi connectivity index (χ4v) is 8.21. The fourth-order valence-electron chi connectivity index (χ4n) is 7.41. The zero-order chi connectivity index (χ0) is 24.2. The van der Waals surface area contributed by atoms with Gasteiger partial charge in [-0.2, -0.15) is 4.37 Å². The van der Waals surface area contributed by atoms with Gasteiger partial charge in [-0.15, -0.1) is 0 Å². The maximum atomic E-state index is 11.2. The van der Waals surface area contributed by atoms with Crippen molar-refractivity contribution in [2.24, 2.45) is 11.8 Å². The monoisotopic (exact) mass is 504 g/mol. The molecular weight excluding hydrogens is 468 g/mol. The Kier molecular flexibility index (Phi) is 5.73. The van der Waals surface area contributed by atoms with Crippen LogP contribution >= 0.6 is 11.5 Å². The number of nitrogens with zero attached hydrogens (tertiary/aromatic N) is 4. The predicted octanol–water partition coefficient (Wildman–Crippen LogP) is 5.67. The van der Waals surface area contributed by atoms with Gasteiger partial charge in [0.05, 0.1) is 4.70 Å². The molecule has 1 saturated carbocycles. The lowest BCUT2D eigenvalue weighted by atomic mass is 9.73. The van der Waals surface area contributed by atoms with E-state index in [0.717, 1.165) is 69.1 Å². The number of aromatic nitrogens is 2. The molecule has 0 spiro atoms. The molecule has 4 atom stereocenters. The average molecular weight is 505 g/mol. The van der Waals surface area contributed by atoms with Gasteiger partial charge in [0.1, 0.15) is 5.82 Å². The summed E-state index contributed by atoms with van der Waals surface area (Å²) in [5.74, 6) is 3.45. The second kappa shape index (κ2) is 9.10. The molecule has 2 bridgehead atoms. The number of hydrogen-bond donors (Lipinski definition) is 2. The summed E-state index contributed by atoms with van der Waals surface area (Å²) in [6, 6.07) is 8.55. The molecule has 0 radical (unpaired) electrons. The van der Waals surface area contributed by atoms with Crippen LogP contribution in [0.25, 0.3) is 10.1 Å². The third kappa shape index (κ3) is 3.74. The van der Waals surface area contributed by atoms with Crippen molar-refractivity contribution < 1.29 is 10.2 Å². The van der Waals surface area contributed by atoms with E-state index in [2.05, 4.69) is 46.2 Å². The predicted molar refractivity (Wildman–Crippen MR) is 145 cm³/mol. The molecule has 36 heavy (non-hydrogen) atoms. The molecule has 190 valence electrons. The summed E-state index contributed by atoms with van der Waals surface area (Å²) >= 11 is 1.60. The summed E-state index contributed by atoms with van der Waals surface area (Å²) in [5.41, 5.74) is 2.01. The van der Waals surface area contributed by atoms with Gasteiger partial charge in [0, 0.05) is 67.6 Å². The summed E-state index contributed by atoms with van der Waals surface area (Å²) in [6.07, 6.45) is 11.6. The Labute approximate surface area is 217 Å². The van der Waals surface area contributed by atoms with E-state index in [1.54, 1.807) is 11.5 Å². The zero-order valence-corrected chi connectivity index (χ0v) is 21.7. The van der Waals surface area contributed by atoms with Gasteiger partial charge < -0.3 is 15.1 Å². The van der Waals surface area contributed by atoms with Gasteiger partial charge in [-0.3, -0.25) is 9.47 Å². The second-order valence-corrected chi connectivity index (χ2v) is 12.2. The van der Waals surface area contributed by atoms with E-state index in [1.165, 1.54) is 35.8 Å². The van der Waals surface area contributed by atoms with Crippen LogP contribution in [-0.4, -0.2) is 56.8 Å². The molecule has 1 aromatic carbocycles. The summed E-state index contributed by atoms with van der Waals surface area (Å²) < 4.78 is 7.90. The van der Waals surface area contributed by atoms with Crippen molar-refractivity contribution in [1.82, 2.24) is 13.8 Å². The highest BCUT2D eigenvalue weighted by atomic mass is 32.1. The van der Waals surface area contributed by atoms with E-state index < -0.39 is 0 Å². The van der Waals surface area contributed by atoms with E-state index in [4.69, 9.17) is 4.37 Å². The number of aromatic hydroxyl groups is 2. The number of rotatable bonds is 5. The molecule has 6 nitrogen and oxygen atoms in total. The van der Waals surface area contributed by atoms with Crippen LogP contribution < -0.4 is 4.90 Å². The quantitative estimate of drug-likeness (QED) is 0.439. The Morgan fingerprint density at radius 2 is 1.44 bits per heavy atom. The largest absolute Gasteiger partial charge is 0.494 e. The van der Waals surface area contributed by atoms with Gasteiger partial charge in [0.15, 0.2) is 11.8 Å². The average Bonchev–Trinajstić information content (AvgIpc) is 3.47. The van der Waals surface area contributed by atoms with Crippen LogP contribution in [0.2, 0.25) is 0 Å². The molecule has 1 aliphatic heterocycles. The molecule has 1 saturated heterocycles. The molecule has 4 aliphatic carbocycles. The molecule has 3 heterocycles. The first kappa shape index (κ1) is 22.7. The topological polar surface area (TPSA) is 64.8 Å². The van der Waals surface area contributed by atoms with Gasteiger partial charge in [0.25, 0.3) is 0 Å². The highest BCUT2D eigenvalue weighted by Crippen LogP contribution is 2.54. The Morgan fingerprint density at radius 1 is 0.806 bits per heavy atom. The van der Waals surface area contributed by atoms with Crippen LogP contribution in [0.15, 0.2) is 36.4 Å². The summed E-state index contributed by atoms with van der Waals surface area (Å²) in [7, 11) is 0. The SMILES string of the molecule is Oc1c2c(c(O)n1CC1CCCCC1CN1CCN(c3nsc4ccccc34)CC1)C1C=CC2CC1. The lowest BCUT2D eigenvalue weighted by molar-refractivity contribution is 0.130. The van der Waals surface area contributed by atoms with Crippen molar-refractivity contribution >= 4 is 27.4 Å². The van der Waals surface area contributed by atoms with Crippen LogP contribution in [0, 0.1) is 11.8 Å². The normalized spacial score (nSPS) is 28.2. The summed E-state index contributed by atoms with van der Waals surface area (Å²) in [6.45, 7) is 6.03. The first-order valence-corrected chi connectivity index (χ1v) is 14.6. The van der Waals surface area contributed by atoms with Crippen molar-refractivity contribution in [3.8, 4) is 11.8 Å².